The van der Waals surface area contributed by atoms with Gasteiger partial charge in [-0.05, 0) is 76.5 Å². The monoisotopic (exact) mass is 560 g/mol. The topological polar surface area (TPSA) is 50.4 Å². The van der Waals surface area contributed by atoms with Gasteiger partial charge < -0.3 is 15.4 Å². The third kappa shape index (κ3) is 5.63. The minimum atomic E-state index is -0.280. The SMILES string of the molecule is CCc1ccc(N[C@@H]2NC(=O)/C(=C/c3ccc(OCc4ccccc4F)c(I)c3)S2)cc1. The average molecular weight is 560 g/mol. The quantitative estimate of drug-likeness (QED) is 0.268. The summed E-state index contributed by atoms with van der Waals surface area (Å²) in [4.78, 5) is 13.1. The number of thioether (sulfide) groups is 1. The third-order valence-corrected chi connectivity index (χ3v) is 6.86. The number of aryl methyl sites for hydroxylation is 1. The van der Waals surface area contributed by atoms with E-state index in [2.05, 4.69) is 52.3 Å². The van der Waals surface area contributed by atoms with Gasteiger partial charge in [-0.3, -0.25) is 4.79 Å². The molecule has 1 amide bonds. The summed E-state index contributed by atoms with van der Waals surface area (Å²) in [5, 5.41) is 6.29. The lowest BCUT2D eigenvalue weighted by Gasteiger charge is -2.12. The number of rotatable bonds is 7. The van der Waals surface area contributed by atoms with Crippen LogP contribution >= 0.6 is 34.4 Å². The molecule has 7 heteroatoms. The second kappa shape index (κ2) is 10.4. The zero-order valence-corrected chi connectivity index (χ0v) is 20.4. The molecular weight excluding hydrogens is 538 g/mol. The molecular formula is C25H22FIN2O2S. The molecule has 0 unspecified atom stereocenters. The first kappa shape index (κ1) is 22.7. The predicted octanol–water partition coefficient (Wildman–Crippen LogP) is 6.17. The number of carbonyl (C=O) groups is 1. The van der Waals surface area contributed by atoms with Crippen LogP contribution in [-0.4, -0.2) is 11.4 Å². The molecule has 0 radical (unpaired) electrons. The predicted molar refractivity (Wildman–Crippen MR) is 137 cm³/mol. The van der Waals surface area contributed by atoms with E-state index in [1.165, 1.54) is 23.4 Å². The van der Waals surface area contributed by atoms with Gasteiger partial charge in [-0.25, -0.2) is 4.39 Å². The number of carbonyl (C=O) groups excluding carboxylic acids is 1. The minimum absolute atomic E-state index is 0.104. The lowest BCUT2D eigenvalue weighted by atomic mass is 10.1. The van der Waals surface area contributed by atoms with E-state index < -0.39 is 0 Å². The van der Waals surface area contributed by atoms with Crippen LogP contribution in [0.4, 0.5) is 10.1 Å². The molecule has 0 aliphatic carbocycles. The summed E-state index contributed by atoms with van der Waals surface area (Å²) in [6.45, 7) is 2.28. The average Bonchev–Trinajstić information content (AvgIpc) is 3.13. The Morgan fingerprint density at radius 1 is 1.16 bits per heavy atom. The minimum Gasteiger partial charge on any atom is -0.488 e. The van der Waals surface area contributed by atoms with Crippen molar-refractivity contribution in [1.82, 2.24) is 5.32 Å². The van der Waals surface area contributed by atoms with E-state index >= 15 is 0 Å². The molecule has 0 bridgehead atoms. The van der Waals surface area contributed by atoms with Crippen molar-refractivity contribution < 1.29 is 13.9 Å². The van der Waals surface area contributed by atoms with Crippen molar-refractivity contribution in [1.29, 1.82) is 0 Å². The van der Waals surface area contributed by atoms with Gasteiger partial charge >= 0.3 is 0 Å². The van der Waals surface area contributed by atoms with Crippen molar-refractivity contribution in [2.75, 3.05) is 5.32 Å². The number of amides is 1. The van der Waals surface area contributed by atoms with Crippen LogP contribution in [0, 0.1) is 9.39 Å². The summed E-state index contributed by atoms with van der Waals surface area (Å²) in [5.74, 6) is 0.291. The molecule has 1 heterocycles. The Balaban J connectivity index is 1.40. The largest absolute Gasteiger partial charge is 0.488 e. The van der Waals surface area contributed by atoms with Crippen molar-refractivity contribution in [2.45, 2.75) is 25.4 Å². The molecule has 4 rings (SSSR count). The number of benzene rings is 3. The van der Waals surface area contributed by atoms with E-state index in [4.69, 9.17) is 4.74 Å². The molecule has 32 heavy (non-hydrogen) atoms. The normalized spacial score (nSPS) is 16.8. The van der Waals surface area contributed by atoms with Gasteiger partial charge in [-0.2, -0.15) is 0 Å². The molecule has 1 saturated heterocycles. The standard InChI is InChI=1S/C25H22FIN2O2S/c1-2-16-7-10-19(11-8-16)28-25-29-24(30)23(32-25)14-17-9-12-22(21(27)13-17)31-15-18-5-3-4-6-20(18)26/h3-14,25,28H,2,15H2,1H3,(H,29,30)/b23-14-/t25-/m1/s1. The van der Waals surface area contributed by atoms with Gasteiger partial charge in [-0.15, -0.1) is 0 Å². The van der Waals surface area contributed by atoms with Gasteiger partial charge in [0.2, 0.25) is 0 Å². The van der Waals surface area contributed by atoms with Gasteiger partial charge in [0, 0.05) is 11.3 Å². The molecule has 1 fully saturated rings. The Hall–Kier alpha value is -2.52. The number of halogens is 2. The molecule has 1 aliphatic heterocycles. The molecule has 1 aliphatic rings. The van der Waals surface area contributed by atoms with Crippen molar-refractivity contribution in [3.05, 3.63) is 97.7 Å². The third-order valence-electron chi connectivity index (χ3n) is 4.99. The van der Waals surface area contributed by atoms with Crippen LogP contribution < -0.4 is 15.4 Å². The first-order valence-corrected chi connectivity index (χ1v) is 12.2. The Labute approximate surface area is 204 Å². The van der Waals surface area contributed by atoms with Crippen molar-refractivity contribution in [2.24, 2.45) is 0 Å². The molecule has 3 aromatic rings. The highest BCUT2D eigenvalue weighted by atomic mass is 127. The maximum atomic E-state index is 13.8. The first-order chi connectivity index (χ1) is 15.5. The maximum absolute atomic E-state index is 13.8. The summed E-state index contributed by atoms with van der Waals surface area (Å²) >= 11 is 3.64. The number of nitrogens with one attached hydrogen (secondary N) is 2. The van der Waals surface area contributed by atoms with Crippen LogP contribution in [0.3, 0.4) is 0 Å². The first-order valence-electron chi connectivity index (χ1n) is 10.2. The van der Waals surface area contributed by atoms with E-state index in [0.717, 1.165) is 21.2 Å². The summed E-state index contributed by atoms with van der Waals surface area (Å²) in [6, 6.07) is 20.5. The van der Waals surface area contributed by atoms with Crippen LogP contribution in [0.5, 0.6) is 5.75 Å². The summed E-state index contributed by atoms with van der Waals surface area (Å²) < 4.78 is 20.5. The smallest absolute Gasteiger partial charge is 0.260 e. The fraction of sp³-hybridized carbons (Fsp3) is 0.160. The molecule has 0 saturated carbocycles. The highest BCUT2D eigenvalue weighted by Gasteiger charge is 2.27. The molecule has 1 atom stereocenters. The molecule has 2 N–H and O–H groups in total. The van der Waals surface area contributed by atoms with Crippen molar-refractivity contribution >= 4 is 52.0 Å². The van der Waals surface area contributed by atoms with Gasteiger partial charge in [0.25, 0.3) is 5.91 Å². The lowest BCUT2D eigenvalue weighted by Crippen LogP contribution is -2.30. The molecule has 3 aromatic carbocycles. The van der Waals surface area contributed by atoms with E-state index in [1.807, 2.05) is 36.4 Å². The summed E-state index contributed by atoms with van der Waals surface area (Å²) in [5.41, 5.74) is 3.43. The van der Waals surface area contributed by atoms with E-state index in [1.54, 1.807) is 18.2 Å². The maximum Gasteiger partial charge on any atom is 0.260 e. The van der Waals surface area contributed by atoms with Gasteiger partial charge in [0.05, 0.1) is 8.48 Å². The fourth-order valence-electron chi connectivity index (χ4n) is 3.20. The second-order valence-corrected chi connectivity index (χ2v) is 9.55. The van der Waals surface area contributed by atoms with Gasteiger partial charge in [-0.1, -0.05) is 55.1 Å². The number of anilines is 1. The Morgan fingerprint density at radius 2 is 1.94 bits per heavy atom. The molecule has 0 spiro atoms. The highest BCUT2D eigenvalue weighted by Crippen LogP contribution is 2.31. The molecule has 164 valence electrons. The van der Waals surface area contributed by atoms with Gasteiger partial charge in [0.15, 0.2) is 5.50 Å². The highest BCUT2D eigenvalue weighted by molar-refractivity contribution is 14.1. The van der Waals surface area contributed by atoms with Crippen molar-refractivity contribution in [3.63, 3.8) is 0 Å². The second-order valence-electron chi connectivity index (χ2n) is 7.24. The van der Waals surface area contributed by atoms with E-state index in [9.17, 15) is 9.18 Å². The Kier molecular flexibility index (Phi) is 7.36. The van der Waals surface area contributed by atoms with E-state index in [-0.39, 0.29) is 23.8 Å². The number of hydrogen-bond donors (Lipinski definition) is 2. The number of hydrogen-bond acceptors (Lipinski definition) is 4. The number of ether oxygens (including phenoxy) is 1. The zero-order valence-electron chi connectivity index (χ0n) is 17.4. The summed E-state index contributed by atoms with van der Waals surface area (Å²) in [7, 11) is 0. The lowest BCUT2D eigenvalue weighted by molar-refractivity contribution is -0.116. The van der Waals surface area contributed by atoms with Crippen LogP contribution in [0.2, 0.25) is 0 Å². The van der Waals surface area contributed by atoms with E-state index in [0.29, 0.717) is 16.2 Å². The van der Waals surface area contributed by atoms with Crippen LogP contribution in [-0.2, 0) is 17.8 Å². The van der Waals surface area contributed by atoms with Gasteiger partial charge in [0.1, 0.15) is 18.2 Å². The zero-order chi connectivity index (χ0) is 22.5. The van der Waals surface area contributed by atoms with Crippen LogP contribution in [0.1, 0.15) is 23.6 Å². The van der Waals surface area contributed by atoms with Crippen LogP contribution in [0.25, 0.3) is 6.08 Å². The summed E-state index contributed by atoms with van der Waals surface area (Å²) in [6.07, 6.45) is 2.86. The Bertz CT molecular complexity index is 1150. The van der Waals surface area contributed by atoms with Crippen LogP contribution in [0.15, 0.2) is 71.6 Å². The fourth-order valence-corrected chi connectivity index (χ4v) is 4.88. The van der Waals surface area contributed by atoms with Crippen molar-refractivity contribution in [3.8, 4) is 5.75 Å². The molecule has 0 aromatic heterocycles. The molecule has 4 nitrogen and oxygen atoms in total. The Morgan fingerprint density at radius 3 is 2.66 bits per heavy atom.